The summed E-state index contributed by atoms with van der Waals surface area (Å²) in [5.41, 5.74) is 6.92. The summed E-state index contributed by atoms with van der Waals surface area (Å²) in [4.78, 5) is 12.2. The molecule has 0 amide bonds. The predicted molar refractivity (Wildman–Crippen MR) is 113 cm³/mol. The SMILES string of the molecule is NCCCOc1ccc([C@H]2CC[C@]3(CC2)OO[C@]2(O3)C3CC4CC(C3)CC2C4)cc1. The molecule has 6 aliphatic rings. The first-order valence-corrected chi connectivity index (χ1v) is 12.2. The number of hydrogen-bond donors (Lipinski definition) is 1. The average molecular weight is 414 g/mol. The highest BCUT2D eigenvalue weighted by Gasteiger charge is 2.66. The van der Waals surface area contributed by atoms with Crippen LogP contribution in [0.2, 0.25) is 0 Å². The van der Waals surface area contributed by atoms with Gasteiger partial charge in [-0.3, -0.25) is 0 Å². The van der Waals surface area contributed by atoms with Gasteiger partial charge in [-0.2, -0.15) is 9.78 Å². The first-order chi connectivity index (χ1) is 14.7. The van der Waals surface area contributed by atoms with Crippen LogP contribution in [0.4, 0.5) is 0 Å². The fraction of sp³-hybridized carbons (Fsp3) is 0.760. The summed E-state index contributed by atoms with van der Waals surface area (Å²) in [6.45, 7) is 1.35. The quantitative estimate of drug-likeness (QED) is 0.549. The Hall–Kier alpha value is -1.14. The Morgan fingerprint density at radius 2 is 1.57 bits per heavy atom. The van der Waals surface area contributed by atoms with Crippen molar-refractivity contribution in [2.45, 2.75) is 81.7 Å². The van der Waals surface area contributed by atoms with Gasteiger partial charge in [-0.05, 0) is 93.4 Å². The van der Waals surface area contributed by atoms with Crippen molar-refractivity contribution in [3.63, 3.8) is 0 Å². The Morgan fingerprint density at radius 1 is 0.900 bits per heavy atom. The van der Waals surface area contributed by atoms with E-state index in [4.69, 9.17) is 25.0 Å². The number of benzene rings is 1. The number of rotatable bonds is 5. The van der Waals surface area contributed by atoms with Gasteiger partial charge in [-0.25, -0.2) is 0 Å². The molecule has 2 spiro atoms. The Labute approximate surface area is 179 Å². The van der Waals surface area contributed by atoms with Crippen LogP contribution in [0.1, 0.15) is 75.7 Å². The van der Waals surface area contributed by atoms with Gasteiger partial charge >= 0.3 is 0 Å². The lowest BCUT2D eigenvalue weighted by atomic mass is 9.53. The van der Waals surface area contributed by atoms with E-state index >= 15 is 0 Å². The van der Waals surface area contributed by atoms with Crippen molar-refractivity contribution >= 4 is 0 Å². The van der Waals surface area contributed by atoms with Crippen LogP contribution in [-0.4, -0.2) is 24.7 Å². The van der Waals surface area contributed by atoms with Gasteiger partial charge in [0.05, 0.1) is 6.61 Å². The zero-order valence-electron chi connectivity index (χ0n) is 17.9. The fourth-order valence-corrected chi connectivity index (χ4v) is 7.30. The minimum atomic E-state index is -0.517. The monoisotopic (exact) mass is 413 g/mol. The van der Waals surface area contributed by atoms with Crippen LogP contribution in [0.3, 0.4) is 0 Å². The maximum atomic E-state index is 6.84. The summed E-state index contributed by atoms with van der Waals surface area (Å²) in [5.74, 6) is 3.41. The van der Waals surface area contributed by atoms with Crippen molar-refractivity contribution in [3.8, 4) is 5.75 Å². The van der Waals surface area contributed by atoms with Gasteiger partial charge in [0.15, 0.2) is 0 Å². The number of ether oxygens (including phenoxy) is 2. The largest absolute Gasteiger partial charge is 0.494 e. The first-order valence-electron chi connectivity index (χ1n) is 12.2. The smallest absolute Gasteiger partial charge is 0.210 e. The van der Waals surface area contributed by atoms with E-state index in [1.807, 2.05) is 0 Å². The highest BCUT2D eigenvalue weighted by molar-refractivity contribution is 5.30. The molecule has 164 valence electrons. The van der Waals surface area contributed by atoms with Crippen molar-refractivity contribution in [3.05, 3.63) is 29.8 Å². The Kier molecular flexibility index (Phi) is 4.87. The topological polar surface area (TPSA) is 62.9 Å². The molecule has 1 saturated heterocycles. The molecule has 0 aromatic heterocycles. The molecule has 5 saturated carbocycles. The maximum Gasteiger partial charge on any atom is 0.210 e. The Morgan fingerprint density at radius 3 is 2.20 bits per heavy atom. The normalized spacial score (nSPS) is 44.2. The third kappa shape index (κ3) is 3.21. The third-order valence-corrected chi connectivity index (χ3v) is 8.66. The fourth-order valence-electron chi connectivity index (χ4n) is 7.30. The summed E-state index contributed by atoms with van der Waals surface area (Å²) in [6, 6.07) is 8.61. The molecule has 30 heavy (non-hydrogen) atoms. The maximum absolute atomic E-state index is 6.84. The number of nitrogens with two attached hydrogens (primary N) is 1. The van der Waals surface area contributed by atoms with Gasteiger partial charge in [0.2, 0.25) is 11.6 Å². The highest BCUT2D eigenvalue weighted by atomic mass is 17.3. The molecule has 5 aliphatic carbocycles. The zero-order chi connectivity index (χ0) is 20.2. The van der Waals surface area contributed by atoms with Gasteiger partial charge in [-0.1, -0.05) is 12.1 Å². The van der Waals surface area contributed by atoms with E-state index in [1.165, 1.54) is 37.7 Å². The summed E-state index contributed by atoms with van der Waals surface area (Å²) in [7, 11) is 0. The molecular formula is C25H35NO4. The summed E-state index contributed by atoms with van der Waals surface area (Å²) < 4.78 is 12.6. The standard InChI is InChI=1S/C25H35NO4/c26-10-1-11-27-23-4-2-19(3-5-23)20-6-8-24(9-7-20)28-25(30-29-24)21-13-17-12-18(15-21)16-22(25)14-17/h2-5,17-18,20-22H,1,6-16,26H2/t17?,18?,20-,21?,22?,24+,25-. The molecule has 2 N–H and O–H groups in total. The van der Waals surface area contributed by atoms with Crippen LogP contribution in [0.15, 0.2) is 24.3 Å². The second-order valence-electron chi connectivity index (χ2n) is 10.5. The minimum Gasteiger partial charge on any atom is -0.494 e. The van der Waals surface area contributed by atoms with Crippen molar-refractivity contribution in [1.82, 2.24) is 0 Å². The Balaban J connectivity index is 1.09. The lowest BCUT2D eigenvalue weighted by Crippen LogP contribution is -2.59. The second-order valence-corrected chi connectivity index (χ2v) is 10.5. The minimum absolute atomic E-state index is 0.442. The molecule has 4 bridgehead atoms. The van der Waals surface area contributed by atoms with Gasteiger partial charge in [0.25, 0.3) is 0 Å². The van der Waals surface area contributed by atoms with Crippen molar-refractivity contribution in [2.24, 2.45) is 29.4 Å². The van der Waals surface area contributed by atoms with E-state index in [2.05, 4.69) is 24.3 Å². The Bertz CT molecular complexity index is 727. The first kappa shape index (κ1) is 19.5. The van der Waals surface area contributed by atoms with Gasteiger partial charge in [0, 0.05) is 24.7 Å². The molecule has 5 heteroatoms. The lowest BCUT2D eigenvalue weighted by Gasteiger charge is -2.57. The van der Waals surface area contributed by atoms with Crippen LogP contribution < -0.4 is 10.5 Å². The van der Waals surface area contributed by atoms with Crippen molar-refractivity contribution in [1.29, 1.82) is 0 Å². The summed E-state index contributed by atoms with van der Waals surface area (Å²) >= 11 is 0. The van der Waals surface area contributed by atoms with Crippen molar-refractivity contribution in [2.75, 3.05) is 13.2 Å². The van der Waals surface area contributed by atoms with Crippen LogP contribution in [0, 0.1) is 23.7 Å². The van der Waals surface area contributed by atoms with E-state index in [9.17, 15) is 0 Å². The molecule has 0 atom stereocenters. The zero-order valence-corrected chi connectivity index (χ0v) is 17.9. The lowest BCUT2D eigenvalue weighted by molar-refractivity contribution is -0.390. The molecule has 1 aromatic rings. The number of hydrogen-bond acceptors (Lipinski definition) is 5. The van der Waals surface area contributed by atoms with Gasteiger partial charge < -0.3 is 15.2 Å². The van der Waals surface area contributed by atoms with Crippen LogP contribution in [0.25, 0.3) is 0 Å². The molecule has 0 radical (unpaired) electrons. The highest BCUT2D eigenvalue weighted by Crippen LogP contribution is 2.64. The molecule has 6 fully saturated rings. The molecule has 1 heterocycles. The van der Waals surface area contributed by atoms with Crippen LogP contribution in [-0.2, 0) is 14.5 Å². The molecule has 1 aromatic carbocycles. The summed E-state index contributed by atoms with van der Waals surface area (Å²) in [6.07, 6.45) is 11.4. The molecule has 0 unspecified atom stereocenters. The van der Waals surface area contributed by atoms with E-state index in [0.717, 1.165) is 49.7 Å². The van der Waals surface area contributed by atoms with E-state index in [-0.39, 0.29) is 0 Å². The van der Waals surface area contributed by atoms with Gasteiger partial charge in [0.1, 0.15) is 5.75 Å². The second kappa shape index (κ2) is 7.47. The molecule has 5 nitrogen and oxygen atoms in total. The molecular weight excluding hydrogens is 378 g/mol. The van der Waals surface area contributed by atoms with E-state index < -0.39 is 11.6 Å². The predicted octanol–water partition coefficient (Wildman–Crippen LogP) is 4.90. The van der Waals surface area contributed by atoms with E-state index in [1.54, 1.807) is 0 Å². The third-order valence-electron chi connectivity index (χ3n) is 8.66. The summed E-state index contributed by atoms with van der Waals surface area (Å²) in [5, 5.41) is 0. The average Bonchev–Trinajstić information content (AvgIpc) is 3.13. The molecule has 1 aliphatic heterocycles. The van der Waals surface area contributed by atoms with Crippen LogP contribution >= 0.6 is 0 Å². The van der Waals surface area contributed by atoms with E-state index in [0.29, 0.717) is 30.9 Å². The van der Waals surface area contributed by atoms with Crippen molar-refractivity contribution < 1.29 is 19.2 Å². The molecule has 7 rings (SSSR count). The van der Waals surface area contributed by atoms with Gasteiger partial charge in [-0.15, -0.1) is 0 Å². The van der Waals surface area contributed by atoms with Crippen LogP contribution in [0.5, 0.6) is 5.75 Å².